The van der Waals surface area contributed by atoms with Gasteiger partial charge in [0, 0.05) is 12.0 Å². The summed E-state index contributed by atoms with van der Waals surface area (Å²) < 4.78 is 0. The molecule has 0 aromatic heterocycles. The maximum absolute atomic E-state index is 13.0. The zero-order valence-corrected chi connectivity index (χ0v) is 16.7. The number of carbonyl (C=O) groups is 2. The van der Waals surface area contributed by atoms with Crippen molar-refractivity contribution in [1.82, 2.24) is 5.32 Å². The van der Waals surface area contributed by atoms with E-state index in [2.05, 4.69) is 22.8 Å². The standard InChI is InChI=1S/C25H26N2O2/c1-17(11-12-18-7-3-2-4-8-18)26-25(29)22-15-20-9-5-6-10-21(20)16-23(22)27-24(28)19-13-14-19/h2-10,15-17,19H,11-14H2,1H3,(H,26,29)(H,27,28). The van der Waals surface area contributed by atoms with Crippen molar-refractivity contribution < 1.29 is 9.59 Å². The molecule has 0 heterocycles. The Labute approximate surface area is 171 Å². The first kappa shape index (κ1) is 19.2. The predicted molar refractivity (Wildman–Crippen MR) is 117 cm³/mol. The number of aryl methyl sites for hydroxylation is 1. The Morgan fingerprint density at radius 3 is 2.31 bits per heavy atom. The van der Waals surface area contributed by atoms with E-state index in [-0.39, 0.29) is 23.8 Å². The molecule has 0 radical (unpaired) electrons. The van der Waals surface area contributed by atoms with Gasteiger partial charge in [0.1, 0.15) is 0 Å². The fraction of sp³-hybridized carbons (Fsp3) is 0.280. The molecule has 3 aromatic carbocycles. The van der Waals surface area contributed by atoms with Crippen LogP contribution in [0.25, 0.3) is 10.8 Å². The summed E-state index contributed by atoms with van der Waals surface area (Å²) in [6, 6.07) is 22.0. The average molecular weight is 386 g/mol. The van der Waals surface area contributed by atoms with Crippen molar-refractivity contribution in [2.75, 3.05) is 5.32 Å². The lowest BCUT2D eigenvalue weighted by molar-refractivity contribution is -0.117. The second-order valence-electron chi connectivity index (χ2n) is 7.91. The van der Waals surface area contributed by atoms with Crippen LogP contribution in [-0.4, -0.2) is 17.9 Å². The van der Waals surface area contributed by atoms with Crippen LogP contribution in [0.1, 0.15) is 42.1 Å². The zero-order chi connectivity index (χ0) is 20.2. The summed E-state index contributed by atoms with van der Waals surface area (Å²) >= 11 is 0. The molecule has 29 heavy (non-hydrogen) atoms. The van der Waals surface area contributed by atoms with Crippen molar-refractivity contribution in [1.29, 1.82) is 0 Å². The highest BCUT2D eigenvalue weighted by Gasteiger charge is 2.30. The van der Waals surface area contributed by atoms with E-state index in [4.69, 9.17) is 0 Å². The fourth-order valence-corrected chi connectivity index (χ4v) is 3.51. The Hall–Kier alpha value is -3.14. The molecule has 4 nitrogen and oxygen atoms in total. The van der Waals surface area contributed by atoms with Crippen LogP contribution in [-0.2, 0) is 11.2 Å². The fourth-order valence-electron chi connectivity index (χ4n) is 3.51. The van der Waals surface area contributed by atoms with Gasteiger partial charge in [-0.05, 0) is 61.1 Å². The second-order valence-corrected chi connectivity index (χ2v) is 7.91. The summed E-state index contributed by atoms with van der Waals surface area (Å²) in [4.78, 5) is 25.4. The largest absolute Gasteiger partial charge is 0.350 e. The lowest BCUT2D eigenvalue weighted by atomic mass is 10.0. The van der Waals surface area contributed by atoms with Gasteiger partial charge in [0.05, 0.1) is 11.3 Å². The van der Waals surface area contributed by atoms with Gasteiger partial charge in [0.15, 0.2) is 0 Å². The van der Waals surface area contributed by atoms with Crippen LogP contribution in [0.15, 0.2) is 66.7 Å². The third kappa shape index (κ3) is 4.83. The summed E-state index contributed by atoms with van der Waals surface area (Å²) in [5, 5.41) is 8.07. The van der Waals surface area contributed by atoms with Crippen LogP contribution in [0.5, 0.6) is 0 Å². The molecule has 2 amide bonds. The monoisotopic (exact) mass is 386 g/mol. The smallest absolute Gasteiger partial charge is 0.253 e. The van der Waals surface area contributed by atoms with Crippen LogP contribution in [0.3, 0.4) is 0 Å². The number of amides is 2. The quantitative estimate of drug-likeness (QED) is 0.604. The Morgan fingerprint density at radius 1 is 0.966 bits per heavy atom. The van der Waals surface area contributed by atoms with Crippen molar-refractivity contribution in [3.05, 3.63) is 77.9 Å². The first-order chi connectivity index (χ1) is 14.1. The number of nitrogens with one attached hydrogen (secondary N) is 2. The summed E-state index contributed by atoms with van der Waals surface area (Å²) in [6.07, 6.45) is 3.62. The zero-order valence-electron chi connectivity index (χ0n) is 16.7. The van der Waals surface area contributed by atoms with Gasteiger partial charge in [-0.3, -0.25) is 9.59 Å². The summed E-state index contributed by atoms with van der Waals surface area (Å²) in [5.41, 5.74) is 2.37. The van der Waals surface area contributed by atoms with Gasteiger partial charge in [-0.25, -0.2) is 0 Å². The second kappa shape index (κ2) is 8.48. The minimum atomic E-state index is -0.151. The predicted octanol–water partition coefficient (Wildman–Crippen LogP) is 4.94. The van der Waals surface area contributed by atoms with Gasteiger partial charge in [-0.1, -0.05) is 54.6 Å². The van der Waals surface area contributed by atoms with E-state index < -0.39 is 0 Å². The van der Waals surface area contributed by atoms with Crippen molar-refractivity contribution in [2.45, 2.75) is 38.6 Å². The molecule has 1 atom stereocenters. The molecule has 1 aliphatic rings. The Bertz CT molecular complexity index is 1030. The number of rotatable bonds is 7. The number of anilines is 1. The van der Waals surface area contributed by atoms with Crippen molar-refractivity contribution in [3.8, 4) is 0 Å². The van der Waals surface area contributed by atoms with Crippen LogP contribution >= 0.6 is 0 Å². The highest BCUT2D eigenvalue weighted by molar-refractivity contribution is 6.08. The maximum Gasteiger partial charge on any atom is 0.253 e. The van der Waals surface area contributed by atoms with Gasteiger partial charge >= 0.3 is 0 Å². The highest BCUT2D eigenvalue weighted by Crippen LogP contribution is 2.32. The minimum absolute atomic E-state index is 0.00598. The van der Waals surface area contributed by atoms with Crippen LogP contribution in [0.2, 0.25) is 0 Å². The molecular formula is C25H26N2O2. The molecule has 4 rings (SSSR count). The topological polar surface area (TPSA) is 58.2 Å². The van der Waals surface area contributed by atoms with Gasteiger partial charge in [-0.2, -0.15) is 0 Å². The van der Waals surface area contributed by atoms with Gasteiger partial charge in [0.25, 0.3) is 5.91 Å². The molecule has 4 heteroatoms. The molecule has 2 N–H and O–H groups in total. The van der Waals surface area contributed by atoms with Gasteiger partial charge < -0.3 is 10.6 Å². The molecule has 3 aromatic rings. The molecule has 148 valence electrons. The van der Waals surface area contributed by atoms with E-state index in [0.717, 1.165) is 36.5 Å². The molecule has 1 fully saturated rings. The first-order valence-corrected chi connectivity index (χ1v) is 10.3. The summed E-state index contributed by atoms with van der Waals surface area (Å²) in [5.74, 6) is -0.0592. The molecule has 1 unspecified atom stereocenters. The Morgan fingerprint density at radius 2 is 1.62 bits per heavy atom. The van der Waals surface area contributed by atoms with Crippen molar-refractivity contribution >= 4 is 28.3 Å². The third-order valence-corrected chi connectivity index (χ3v) is 5.42. The van der Waals surface area contributed by atoms with E-state index in [0.29, 0.717) is 11.3 Å². The molecule has 0 saturated heterocycles. The first-order valence-electron chi connectivity index (χ1n) is 10.3. The minimum Gasteiger partial charge on any atom is -0.350 e. The molecular weight excluding hydrogens is 360 g/mol. The van der Waals surface area contributed by atoms with Crippen molar-refractivity contribution in [3.63, 3.8) is 0 Å². The Kier molecular flexibility index (Phi) is 5.61. The molecule has 1 saturated carbocycles. The van der Waals surface area contributed by atoms with Crippen LogP contribution in [0.4, 0.5) is 5.69 Å². The maximum atomic E-state index is 13.0. The third-order valence-electron chi connectivity index (χ3n) is 5.42. The summed E-state index contributed by atoms with van der Waals surface area (Å²) in [7, 11) is 0. The van der Waals surface area contributed by atoms with Crippen LogP contribution < -0.4 is 10.6 Å². The van der Waals surface area contributed by atoms with Gasteiger partial charge in [0.2, 0.25) is 5.91 Å². The molecule has 0 spiro atoms. The summed E-state index contributed by atoms with van der Waals surface area (Å²) in [6.45, 7) is 2.02. The highest BCUT2D eigenvalue weighted by atomic mass is 16.2. The number of benzene rings is 3. The SMILES string of the molecule is CC(CCc1ccccc1)NC(=O)c1cc2ccccc2cc1NC(=O)C1CC1. The number of hydrogen-bond acceptors (Lipinski definition) is 2. The van der Waals surface area contributed by atoms with E-state index in [1.807, 2.05) is 61.5 Å². The molecule has 1 aliphatic carbocycles. The number of fused-ring (bicyclic) bond motifs is 1. The number of carbonyl (C=O) groups excluding carboxylic acids is 2. The van der Waals surface area contributed by atoms with E-state index in [1.54, 1.807) is 0 Å². The van der Waals surface area contributed by atoms with E-state index >= 15 is 0 Å². The van der Waals surface area contributed by atoms with E-state index in [1.165, 1.54) is 5.56 Å². The molecule has 0 aliphatic heterocycles. The van der Waals surface area contributed by atoms with Crippen molar-refractivity contribution in [2.24, 2.45) is 5.92 Å². The molecule has 0 bridgehead atoms. The number of hydrogen-bond donors (Lipinski definition) is 2. The van der Waals surface area contributed by atoms with E-state index in [9.17, 15) is 9.59 Å². The van der Waals surface area contributed by atoms with Gasteiger partial charge in [-0.15, -0.1) is 0 Å². The Balaban J connectivity index is 1.50. The average Bonchev–Trinajstić information content (AvgIpc) is 3.58. The normalized spacial score (nSPS) is 14.4. The lowest BCUT2D eigenvalue weighted by Crippen LogP contribution is -2.33. The lowest BCUT2D eigenvalue weighted by Gasteiger charge is -2.17. The van der Waals surface area contributed by atoms with Crippen LogP contribution in [0, 0.1) is 5.92 Å².